The molecule has 1 heterocycles. The number of aryl methyl sites for hydroxylation is 1. The van der Waals surface area contributed by atoms with Gasteiger partial charge in [0.1, 0.15) is 5.69 Å². The topological polar surface area (TPSA) is 61.0 Å². The second-order valence-electron chi connectivity index (χ2n) is 2.65. The first-order valence-electron chi connectivity index (χ1n) is 4.07. The summed E-state index contributed by atoms with van der Waals surface area (Å²) in [5.41, 5.74) is 6.78. The third-order valence-corrected chi connectivity index (χ3v) is 1.69. The highest BCUT2D eigenvalue weighted by Gasteiger charge is 2.07. The lowest BCUT2D eigenvalue weighted by atomic mass is 10.4. The first kappa shape index (κ1) is 10.1. The Bertz CT molecular complexity index is 304. The second-order valence-corrected chi connectivity index (χ2v) is 2.98. The molecule has 0 fully saturated rings. The highest BCUT2D eigenvalue weighted by molar-refractivity contribution is 6.28. The zero-order valence-electron chi connectivity index (χ0n) is 7.67. The van der Waals surface area contributed by atoms with Crippen LogP contribution in [-0.2, 0) is 0 Å². The SMILES string of the molecule is CCCOc1nc(Cl)nc(C)c1N. The predicted octanol–water partition coefficient (Wildman–Crippen LogP) is 1.81. The molecule has 0 aliphatic carbocycles. The summed E-state index contributed by atoms with van der Waals surface area (Å²) >= 11 is 5.64. The van der Waals surface area contributed by atoms with E-state index in [0.29, 0.717) is 23.9 Å². The average Bonchev–Trinajstić information content (AvgIpc) is 2.09. The lowest BCUT2D eigenvalue weighted by Gasteiger charge is -2.07. The molecule has 0 saturated heterocycles. The number of halogens is 1. The second kappa shape index (κ2) is 4.28. The summed E-state index contributed by atoms with van der Waals surface area (Å²) in [4.78, 5) is 7.77. The van der Waals surface area contributed by atoms with Crippen molar-refractivity contribution < 1.29 is 4.74 Å². The molecule has 0 aliphatic heterocycles. The molecule has 13 heavy (non-hydrogen) atoms. The Morgan fingerprint density at radius 2 is 2.15 bits per heavy atom. The van der Waals surface area contributed by atoms with Gasteiger partial charge in [-0.15, -0.1) is 0 Å². The van der Waals surface area contributed by atoms with Gasteiger partial charge in [-0.1, -0.05) is 6.92 Å². The first-order valence-corrected chi connectivity index (χ1v) is 4.45. The molecule has 0 atom stereocenters. The van der Waals surface area contributed by atoms with Gasteiger partial charge in [-0.2, -0.15) is 4.98 Å². The average molecular weight is 202 g/mol. The molecule has 0 saturated carbocycles. The van der Waals surface area contributed by atoms with Crippen LogP contribution in [0.2, 0.25) is 5.28 Å². The molecule has 5 heteroatoms. The lowest BCUT2D eigenvalue weighted by Crippen LogP contribution is -2.04. The molecule has 1 aromatic heterocycles. The van der Waals surface area contributed by atoms with E-state index < -0.39 is 0 Å². The van der Waals surface area contributed by atoms with Crippen molar-refractivity contribution >= 4 is 17.3 Å². The Labute approximate surface area is 82.1 Å². The highest BCUT2D eigenvalue weighted by Crippen LogP contribution is 2.22. The smallest absolute Gasteiger partial charge is 0.241 e. The molecule has 72 valence electrons. The minimum Gasteiger partial charge on any atom is -0.476 e. The predicted molar refractivity (Wildman–Crippen MR) is 52.0 cm³/mol. The van der Waals surface area contributed by atoms with Crippen LogP contribution in [0.15, 0.2) is 0 Å². The number of nitrogens with two attached hydrogens (primary N) is 1. The fourth-order valence-electron chi connectivity index (χ4n) is 0.831. The molecule has 0 unspecified atom stereocenters. The van der Waals surface area contributed by atoms with Gasteiger partial charge in [0.25, 0.3) is 0 Å². The molecule has 1 aromatic rings. The number of hydrogen-bond acceptors (Lipinski definition) is 4. The number of anilines is 1. The molecule has 1 rings (SSSR count). The quantitative estimate of drug-likeness (QED) is 0.758. The molecule has 0 aliphatic rings. The number of nitrogens with zero attached hydrogens (tertiary/aromatic N) is 2. The van der Waals surface area contributed by atoms with Crippen LogP contribution in [0.25, 0.3) is 0 Å². The van der Waals surface area contributed by atoms with Gasteiger partial charge in [-0.3, -0.25) is 0 Å². The number of ether oxygens (including phenoxy) is 1. The van der Waals surface area contributed by atoms with E-state index in [-0.39, 0.29) is 5.28 Å². The van der Waals surface area contributed by atoms with Gasteiger partial charge in [-0.25, -0.2) is 4.98 Å². The van der Waals surface area contributed by atoms with Crippen LogP contribution in [0, 0.1) is 6.92 Å². The monoisotopic (exact) mass is 201 g/mol. The number of aromatic nitrogens is 2. The minimum atomic E-state index is 0.165. The summed E-state index contributed by atoms with van der Waals surface area (Å²) in [6.45, 7) is 4.35. The molecule has 4 nitrogen and oxygen atoms in total. The fourth-order valence-corrected chi connectivity index (χ4v) is 1.03. The summed E-state index contributed by atoms with van der Waals surface area (Å²) in [6, 6.07) is 0. The summed E-state index contributed by atoms with van der Waals surface area (Å²) in [5.74, 6) is 0.374. The van der Waals surface area contributed by atoms with Gasteiger partial charge < -0.3 is 10.5 Å². The van der Waals surface area contributed by atoms with Crippen LogP contribution < -0.4 is 10.5 Å². The van der Waals surface area contributed by atoms with Gasteiger partial charge >= 0.3 is 0 Å². The molecule has 0 spiro atoms. The highest BCUT2D eigenvalue weighted by atomic mass is 35.5. The molecule has 2 N–H and O–H groups in total. The van der Waals surface area contributed by atoms with Gasteiger partial charge in [0.15, 0.2) is 0 Å². The fraction of sp³-hybridized carbons (Fsp3) is 0.500. The van der Waals surface area contributed by atoms with Crippen molar-refractivity contribution in [1.82, 2.24) is 9.97 Å². The molecule has 0 aromatic carbocycles. The number of rotatable bonds is 3. The van der Waals surface area contributed by atoms with Crippen molar-refractivity contribution in [3.8, 4) is 5.88 Å². The van der Waals surface area contributed by atoms with E-state index in [1.165, 1.54) is 0 Å². The van der Waals surface area contributed by atoms with E-state index in [1.54, 1.807) is 6.92 Å². The van der Waals surface area contributed by atoms with Crippen molar-refractivity contribution in [3.05, 3.63) is 11.0 Å². The standard InChI is InChI=1S/C8H12ClN3O/c1-3-4-13-7-6(10)5(2)11-8(9)12-7/h3-4,10H2,1-2H3. The zero-order valence-corrected chi connectivity index (χ0v) is 8.43. The molecule has 0 amide bonds. The maximum absolute atomic E-state index is 5.68. The molecular weight excluding hydrogens is 190 g/mol. The van der Waals surface area contributed by atoms with Gasteiger partial charge in [0, 0.05) is 0 Å². The van der Waals surface area contributed by atoms with Crippen molar-refractivity contribution in [3.63, 3.8) is 0 Å². The molecular formula is C8H12ClN3O. The zero-order chi connectivity index (χ0) is 9.84. The van der Waals surface area contributed by atoms with Crippen LogP contribution >= 0.6 is 11.6 Å². The maximum Gasteiger partial charge on any atom is 0.241 e. The van der Waals surface area contributed by atoms with E-state index >= 15 is 0 Å². The van der Waals surface area contributed by atoms with E-state index in [9.17, 15) is 0 Å². The van der Waals surface area contributed by atoms with Crippen molar-refractivity contribution in [2.24, 2.45) is 0 Å². The van der Waals surface area contributed by atoms with Crippen molar-refractivity contribution in [2.45, 2.75) is 20.3 Å². The maximum atomic E-state index is 5.68. The summed E-state index contributed by atoms with van der Waals surface area (Å²) in [6.07, 6.45) is 0.903. The number of nitrogen functional groups attached to an aromatic ring is 1. The number of hydrogen-bond donors (Lipinski definition) is 1. The third-order valence-electron chi connectivity index (χ3n) is 1.52. The van der Waals surface area contributed by atoms with Gasteiger partial charge in [0.05, 0.1) is 12.3 Å². The lowest BCUT2D eigenvalue weighted by molar-refractivity contribution is 0.306. The Balaban J connectivity index is 2.92. The van der Waals surface area contributed by atoms with E-state index in [1.807, 2.05) is 6.92 Å². The van der Waals surface area contributed by atoms with Crippen molar-refractivity contribution in [2.75, 3.05) is 12.3 Å². The Kier molecular flexibility index (Phi) is 3.31. The third kappa shape index (κ3) is 2.45. The van der Waals surface area contributed by atoms with Crippen LogP contribution in [0.3, 0.4) is 0 Å². The van der Waals surface area contributed by atoms with Gasteiger partial charge in [0.2, 0.25) is 11.2 Å². The van der Waals surface area contributed by atoms with Crippen molar-refractivity contribution in [1.29, 1.82) is 0 Å². The van der Waals surface area contributed by atoms with E-state index in [2.05, 4.69) is 9.97 Å². The van der Waals surface area contributed by atoms with Crippen LogP contribution in [0.5, 0.6) is 5.88 Å². The molecule has 0 radical (unpaired) electrons. The van der Waals surface area contributed by atoms with E-state index in [0.717, 1.165) is 6.42 Å². The Morgan fingerprint density at radius 1 is 1.46 bits per heavy atom. The minimum absolute atomic E-state index is 0.165. The Morgan fingerprint density at radius 3 is 2.77 bits per heavy atom. The van der Waals surface area contributed by atoms with Crippen LogP contribution in [-0.4, -0.2) is 16.6 Å². The van der Waals surface area contributed by atoms with Gasteiger partial charge in [-0.05, 0) is 24.9 Å². The Hall–Kier alpha value is -1.03. The normalized spacial score (nSPS) is 10.1. The largest absolute Gasteiger partial charge is 0.476 e. The van der Waals surface area contributed by atoms with Crippen LogP contribution in [0.1, 0.15) is 19.0 Å². The summed E-state index contributed by atoms with van der Waals surface area (Å²) in [7, 11) is 0. The summed E-state index contributed by atoms with van der Waals surface area (Å²) < 4.78 is 5.29. The van der Waals surface area contributed by atoms with Crippen LogP contribution in [0.4, 0.5) is 5.69 Å². The summed E-state index contributed by atoms with van der Waals surface area (Å²) in [5, 5.41) is 0.165. The van der Waals surface area contributed by atoms with E-state index in [4.69, 9.17) is 22.1 Å². The molecule has 0 bridgehead atoms. The first-order chi connectivity index (χ1) is 6.15.